The number of nitriles is 1. The Labute approximate surface area is 153 Å². The van der Waals surface area contributed by atoms with Crippen LogP contribution >= 0.6 is 0 Å². The van der Waals surface area contributed by atoms with Gasteiger partial charge in [0.25, 0.3) is 0 Å². The Morgan fingerprint density at radius 1 is 1.23 bits per heavy atom. The third kappa shape index (κ3) is 3.93. The maximum absolute atomic E-state index is 12.7. The van der Waals surface area contributed by atoms with Gasteiger partial charge in [0, 0.05) is 31.5 Å². The van der Waals surface area contributed by atoms with Crippen LogP contribution in [0.4, 0.5) is 0 Å². The number of likely N-dealkylation sites (tertiary alicyclic amines) is 1. The Balaban J connectivity index is 1.59. The van der Waals surface area contributed by atoms with Crippen molar-refractivity contribution in [3.05, 3.63) is 35.9 Å². The highest BCUT2D eigenvalue weighted by Crippen LogP contribution is 2.30. The summed E-state index contributed by atoms with van der Waals surface area (Å²) in [6, 6.07) is 11.3. The lowest BCUT2D eigenvalue weighted by molar-refractivity contribution is -0.134. The van der Waals surface area contributed by atoms with Crippen molar-refractivity contribution in [1.29, 1.82) is 5.26 Å². The van der Waals surface area contributed by atoms with Gasteiger partial charge in [-0.2, -0.15) is 5.26 Å². The monoisotopic (exact) mass is 353 g/mol. The quantitative estimate of drug-likeness (QED) is 0.790. The van der Waals surface area contributed by atoms with Crippen LogP contribution in [0.3, 0.4) is 0 Å². The summed E-state index contributed by atoms with van der Waals surface area (Å²) in [6.07, 6.45) is 4.28. The predicted octanol–water partition coefficient (Wildman–Crippen LogP) is 1.80. The second-order valence-corrected chi connectivity index (χ2v) is 7.05. The fourth-order valence-corrected chi connectivity index (χ4v) is 3.87. The van der Waals surface area contributed by atoms with E-state index in [0.717, 1.165) is 31.2 Å². The van der Waals surface area contributed by atoms with E-state index in [1.165, 1.54) is 0 Å². The lowest BCUT2D eigenvalue weighted by Crippen LogP contribution is -2.39. The molecule has 1 saturated carbocycles. The van der Waals surface area contributed by atoms with E-state index in [2.05, 4.69) is 5.32 Å². The van der Waals surface area contributed by atoms with Gasteiger partial charge in [-0.05, 0) is 18.4 Å². The fraction of sp³-hybridized carbons (Fsp3) is 0.500. The summed E-state index contributed by atoms with van der Waals surface area (Å²) in [7, 11) is 0. The summed E-state index contributed by atoms with van der Waals surface area (Å²) in [5.41, 5.74) is 0.897. The average Bonchev–Trinajstić information content (AvgIpc) is 3.30. The molecule has 0 radical (unpaired) electrons. The van der Waals surface area contributed by atoms with E-state index in [4.69, 9.17) is 0 Å². The van der Waals surface area contributed by atoms with Gasteiger partial charge in [-0.3, -0.25) is 14.4 Å². The van der Waals surface area contributed by atoms with Crippen molar-refractivity contribution in [1.82, 2.24) is 10.2 Å². The predicted molar refractivity (Wildman–Crippen MR) is 94.5 cm³/mol. The molecule has 2 fully saturated rings. The molecule has 1 aliphatic carbocycles. The van der Waals surface area contributed by atoms with Gasteiger partial charge < -0.3 is 10.2 Å². The molecule has 0 aromatic heterocycles. The Morgan fingerprint density at radius 2 is 1.92 bits per heavy atom. The topological polar surface area (TPSA) is 90.3 Å². The van der Waals surface area contributed by atoms with Crippen LogP contribution in [0.5, 0.6) is 0 Å². The lowest BCUT2D eigenvalue weighted by atomic mass is 9.92. The first-order valence-corrected chi connectivity index (χ1v) is 9.14. The van der Waals surface area contributed by atoms with Gasteiger partial charge in [0.2, 0.25) is 11.8 Å². The molecule has 0 spiro atoms. The molecule has 6 nitrogen and oxygen atoms in total. The molecular weight excluding hydrogens is 330 g/mol. The second kappa shape index (κ2) is 8.13. The number of carbonyl (C=O) groups is 3. The molecule has 0 bridgehead atoms. The zero-order chi connectivity index (χ0) is 18.5. The zero-order valence-corrected chi connectivity index (χ0v) is 14.7. The highest BCUT2D eigenvalue weighted by atomic mass is 16.2. The van der Waals surface area contributed by atoms with Gasteiger partial charge in [-0.25, -0.2) is 0 Å². The van der Waals surface area contributed by atoms with Gasteiger partial charge in [-0.1, -0.05) is 43.2 Å². The standard InChI is InChI=1S/C20H23N3O3/c21-11-17(20(26)22-12-14-6-2-1-3-7-14)19(25)15-10-18(24)23(13-15)16-8-4-5-9-16/h1-3,6-7,15-17H,4-5,8-10,12-13H2,(H,22,26). The van der Waals surface area contributed by atoms with E-state index in [1.54, 1.807) is 4.90 Å². The van der Waals surface area contributed by atoms with Gasteiger partial charge >= 0.3 is 0 Å². The fourth-order valence-electron chi connectivity index (χ4n) is 3.87. The highest BCUT2D eigenvalue weighted by Gasteiger charge is 2.42. The normalized spacial score (nSPS) is 21.4. The minimum absolute atomic E-state index is 0.0309. The average molecular weight is 353 g/mol. The van der Waals surface area contributed by atoms with E-state index in [9.17, 15) is 19.6 Å². The van der Waals surface area contributed by atoms with Gasteiger partial charge in [-0.15, -0.1) is 0 Å². The molecule has 2 atom stereocenters. The maximum atomic E-state index is 12.7. The van der Waals surface area contributed by atoms with Crippen molar-refractivity contribution >= 4 is 17.6 Å². The SMILES string of the molecule is N#CC(C(=O)NCc1ccccc1)C(=O)C1CC(=O)N(C2CCCC2)C1. The third-order valence-corrected chi connectivity index (χ3v) is 5.31. The molecule has 1 aromatic rings. The lowest BCUT2D eigenvalue weighted by Gasteiger charge is -2.24. The van der Waals surface area contributed by atoms with Gasteiger partial charge in [0.1, 0.15) is 0 Å². The van der Waals surface area contributed by atoms with Gasteiger partial charge in [0.05, 0.1) is 6.07 Å². The molecular formula is C20H23N3O3. The van der Waals surface area contributed by atoms with Crippen LogP contribution in [0.2, 0.25) is 0 Å². The van der Waals surface area contributed by atoms with Crippen LogP contribution in [-0.4, -0.2) is 35.1 Å². The number of amides is 2. The second-order valence-electron chi connectivity index (χ2n) is 7.05. The van der Waals surface area contributed by atoms with Crippen molar-refractivity contribution in [2.24, 2.45) is 11.8 Å². The molecule has 2 aliphatic rings. The van der Waals surface area contributed by atoms with E-state index >= 15 is 0 Å². The molecule has 3 rings (SSSR count). The Kier molecular flexibility index (Phi) is 5.67. The van der Waals surface area contributed by atoms with E-state index in [1.807, 2.05) is 36.4 Å². The van der Waals surface area contributed by atoms with E-state index in [-0.39, 0.29) is 24.9 Å². The Bertz CT molecular complexity index is 720. The first kappa shape index (κ1) is 18.1. The molecule has 136 valence electrons. The molecule has 1 heterocycles. The summed E-state index contributed by atoms with van der Waals surface area (Å²) in [5.74, 6) is -2.98. The summed E-state index contributed by atoms with van der Waals surface area (Å²) in [5, 5.41) is 12.0. The van der Waals surface area contributed by atoms with Crippen LogP contribution in [0.25, 0.3) is 0 Å². The van der Waals surface area contributed by atoms with E-state index < -0.39 is 23.5 Å². The van der Waals surface area contributed by atoms with Crippen molar-refractivity contribution in [3.63, 3.8) is 0 Å². The van der Waals surface area contributed by atoms with Crippen molar-refractivity contribution in [2.45, 2.75) is 44.7 Å². The van der Waals surface area contributed by atoms with Crippen molar-refractivity contribution < 1.29 is 14.4 Å². The molecule has 2 unspecified atom stereocenters. The van der Waals surface area contributed by atoms with Crippen LogP contribution in [0.1, 0.15) is 37.7 Å². The number of nitrogens with one attached hydrogen (secondary N) is 1. The van der Waals surface area contributed by atoms with E-state index in [0.29, 0.717) is 6.54 Å². The number of hydrogen-bond acceptors (Lipinski definition) is 4. The first-order valence-electron chi connectivity index (χ1n) is 9.14. The van der Waals surface area contributed by atoms with Crippen LogP contribution in [-0.2, 0) is 20.9 Å². The van der Waals surface area contributed by atoms with Crippen molar-refractivity contribution in [2.75, 3.05) is 6.54 Å². The molecule has 26 heavy (non-hydrogen) atoms. The van der Waals surface area contributed by atoms with Gasteiger partial charge in [0.15, 0.2) is 11.7 Å². The molecule has 2 amide bonds. The molecule has 1 saturated heterocycles. The number of ketones is 1. The first-order chi connectivity index (χ1) is 12.6. The smallest absolute Gasteiger partial charge is 0.245 e. The number of nitrogens with zero attached hydrogens (tertiary/aromatic N) is 2. The largest absolute Gasteiger partial charge is 0.350 e. The molecule has 1 aromatic carbocycles. The number of benzene rings is 1. The van der Waals surface area contributed by atoms with Crippen LogP contribution in [0, 0.1) is 23.2 Å². The van der Waals surface area contributed by atoms with Crippen LogP contribution in [0.15, 0.2) is 30.3 Å². The molecule has 6 heteroatoms. The summed E-state index contributed by atoms with van der Waals surface area (Å²) in [4.78, 5) is 39.0. The molecule has 1 N–H and O–H groups in total. The maximum Gasteiger partial charge on any atom is 0.245 e. The minimum Gasteiger partial charge on any atom is -0.350 e. The summed E-state index contributed by atoms with van der Waals surface area (Å²) >= 11 is 0. The zero-order valence-electron chi connectivity index (χ0n) is 14.7. The number of rotatable bonds is 6. The van der Waals surface area contributed by atoms with Crippen molar-refractivity contribution in [3.8, 4) is 6.07 Å². The summed E-state index contributed by atoms with van der Waals surface area (Å²) in [6.45, 7) is 0.607. The summed E-state index contributed by atoms with van der Waals surface area (Å²) < 4.78 is 0. The number of carbonyl (C=O) groups excluding carboxylic acids is 3. The highest BCUT2D eigenvalue weighted by molar-refractivity contribution is 6.06. The molecule has 1 aliphatic heterocycles. The third-order valence-electron chi connectivity index (χ3n) is 5.31. The minimum atomic E-state index is -1.36. The number of Topliss-reactive ketones (excluding diaryl/α,β-unsaturated/α-hetero) is 1. The van der Waals surface area contributed by atoms with Crippen LogP contribution < -0.4 is 5.32 Å². The number of hydrogen-bond donors (Lipinski definition) is 1. The Hall–Kier alpha value is -2.68. The Morgan fingerprint density at radius 3 is 2.58 bits per heavy atom.